The van der Waals surface area contributed by atoms with Crippen molar-refractivity contribution in [3.05, 3.63) is 28.8 Å². The molecule has 0 bridgehead atoms. The quantitative estimate of drug-likeness (QED) is 0.760. The smallest absolute Gasteiger partial charge is 0.320 e. The van der Waals surface area contributed by atoms with Gasteiger partial charge in [-0.1, -0.05) is 11.6 Å². The zero-order valence-electron chi connectivity index (χ0n) is 14.4. The molecule has 0 N–H and O–H groups in total. The van der Waals surface area contributed by atoms with E-state index in [9.17, 15) is 9.59 Å². The second kappa shape index (κ2) is 8.06. The van der Waals surface area contributed by atoms with Crippen LogP contribution in [0.25, 0.3) is 0 Å². The zero-order valence-corrected chi connectivity index (χ0v) is 15.1. The molecule has 2 aliphatic heterocycles. The summed E-state index contributed by atoms with van der Waals surface area (Å²) in [6.45, 7) is 5.18. The molecule has 0 aliphatic carbocycles. The van der Waals surface area contributed by atoms with Crippen LogP contribution in [0.5, 0.6) is 5.75 Å². The summed E-state index contributed by atoms with van der Waals surface area (Å²) < 4.78 is 10.8. The highest BCUT2D eigenvalue weighted by atomic mass is 35.5. The fraction of sp³-hybridized carbons (Fsp3) is 0.556. The van der Waals surface area contributed by atoms with Gasteiger partial charge in [-0.25, -0.2) is 0 Å². The summed E-state index contributed by atoms with van der Waals surface area (Å²) in [4.78, 5) is 28.3. The van der Waals surface area contributed by atoms with Crippen LogP contribution in [0.15, 0.2) is 18.2 Å². The molecule has 0 radical (unpaired) electrons. The molecule has 6 nitrogen and oxygen atoms in total. The lowest BCUT2D eigenvalue weighted by Crippen LogP contribution is -2.43. The number of fused-ring (bicyclic) bond motifs is 1. The molecule has 1 amide bonds. The predicted molar refractivity (Wildman–Crippen MR) is 93.8 cm³/mol. The molecule has 0 spiro atoms. The van der Waals surface area contributed by atoms with Crippen molar-refractivity contribution >= 4 is 23.5 Å². The molecule has 0 aromatic heterocycles. The van der Waals surface area contributed by atoms with Gasteiger partial charge >= 0.3 is 5.97 Å². The van der Waals surface area contributed by atoms with E-state index in [1.54, 1.807) is 13.0 Å². The van der Waals surface area contributed by atoms with Gasteiger partial charge in [0.05, 0.1) is 13.2 Å². The van der Waals surface area contributed by atoms with Crippen molar-refractivity contribution in [3.63, 3.8) is 0 Å². The highest BCUT2D eigenvalue weighted by Gasteiger charge is 2.33. The van der Waals surface area contributed by atoms with E-state index in [-0.39, 0.29) is 18.4 Å². The minimum absolute atomic E-state index is 0.00491. The second-order valence-electron chi connectivity index (χ2n) is 6.32. The molecule has 1 saturated heterocycles. The highest BCUT2D eigenvalue weighted by molar-refractivity contribution is 6.30. The van der Waals surface area contributed by atoms with E-state index in [0.29, 0.717) is 37.7 Å². The van der Waals surface area contributed by atoms with E-state index in [0.717, 1.165) is 24.3 Å². The van der Waals surface area contributed by atoms with E-state index >= 15 is 0 Å². The van der Waals surface area contributed by atoms with Gasteiger partial charge in [0, 0.05) is 37.6 Å². The lowest BCUT2D eigenvalue weighted by Gasteiger charge is -2.24. The number of hydrogen-bond donors (Lipinski definition) is 0. The zero-order chi connectivity index (χ0) is 17.8. The number of ether oxygens (including phenoxy) is 2. The Balaban J connectivity index is 1.54. The SMILES string of the molecule is CCOC(=O)CN1CCCN(C(=O)C2Cc3cc(Cl)ccc3O2)CC1. The fourth-order valence-corrected chi connectivity index (χ4v) is 3.49. The molecular formula is C18H23ClN2O4. The van der Waals surface area contributed by atoms with Gasteiger partial charge in [0.1, 0.15) is 5.75 Å². The molecule has 1 unspecified atom stereocenters. The van der Waals surface area contributed by atoms with Gasteiger partial charge in [-0.15, -0.1) is 0 Å². The summed E-state index contributed by atoms with van der Waals surface area (Å²) in [6, 6.07) is 5.44. The molecule has 3 rings (SSSR count). The first-order valence-corrected chi connectivity index (χ1v) is 9.06. The van der Waals surface area contributed by atoms with Gasteiger partial charge in [-0.2, -0.15) is 0 Å². The Labute approximate surface area is 152 Å². The summed E-state index contributed by atoms with van der Waals surface area (Å²) in [5, 5.41) is 0.653. The normalized spacial score (nSPS) is 20.6. The summed E-state index contributed by atoms with van der Waals surface area (Å²) >= 11 is 6.01. The molecule has 25 heavy (non-hydrogen) atoms. The minimum Gasteiger partial charge on any atom is -0.480 e. The van der Waals surface area contributed by atoms with Crippen LogP contribution in [0, 0.1) is 0 Å². The van der Waals surface area contributed by atoms with Crippen LogP contribution in [0.4, 0.5) is 0 Å². The summed E-state index contributed by atoms with van der Waals surface area (Å²) in [6.07, 6.45) is 0.902. The van der Waals surface area contributed by atoms with E-state index in [1.807, 2.05) is 21.9 Å². The summed E-state index contributed by atoms with van der Waals surface area (Å²) in [5.74, 6) is 0.528. The molecule has 2 aliphatic rings. The number of carbonyl (C=O) groups excluding carboxylic acids is 2. The molecule has 7 heteroatoms. The van der Waals surface area contributed by atoms with Crippen LogP contribution in [0.2, 0.25) is 5.02 Å². The Hall–Kier alpha value is -1.79. The summed E-state index contributed by atoms with van der Waals surface area (Å²) in [7, 11) is 0. The van der Waals surface area contributed by atoms with Crippen LogP contribution in [0.3, 0.4) is 0 Å². The van der Waals surface area contributed by atoms with E-state index in [4.69, 9.17) is 21.1 Å². The van der Waals surface area contributed by atoms with Gasteiger partial charge < -0.3 is 14.4 Å². The van der Waals surface area contributed by atoms with Crippen LogP contribution < -0.4 is 4.74 Å². The van der Waals surface area contributed by atoms with Crippen molar-refractivity contribution < 1.29 is 19.1 Å². The number of benzene rings is 1. The largest absolute Gasteiger partial charge is 0.480 e. The number of amides is 1. The van der Waals surface area contributed by atoms with E-state index in [2.05, 4.69) is 0 Å². The third-order valence-electron chi connectivity index (χ3n) is 4.53. The molecule has 2 heterocycles. The molecule has 1 aromatic carbocycles. The molecular weight excluding hydrogens is 344 g/mol. The lowest BCUT2D eigenvalue weighted by molar-refractivity contribution is -0.144. The average molecular weight is 367 g/mol. The Morgan fingerprint density at radius 1 is 1.28 bits per heavy atom. The monoisotopic (exact) mass is 366 g/mol. The first-order chi connectivity index (χ1) is 12.1. The van der Waals surface area contributed by atoms with Crippen molar-refractivity contribution in [3.8, 4) is 5.75 Å². The van der Waals surface area contributed by atoms with Crippen molar-refractivity contribution in [1.29, 1.82) is 0 Å². The number of esters is 1. The van der Waals surface area contributed by atoms with Gasteiger partial charge in [0.15, 0.2) is 6.10 Å². The first-order valence-electron chi connectivity index (χ1n) is 8.68. The Morgan fingerprint density at radius 3 is 2.92 bits per heavy atom. The highest BCUT2D eigenvalue weighted by Crippen LogP contribution is 2.31. The number of hydrogen-bond acceptors (Lipinski definition) is 5. The maximum absolute atomic E-state index is 12.8. The molecule has 1 aromatic rings. The second-order valence-corrected chi connectivity index (χ2v) is 6.76. The Bertz CT molecular complexity index is 652. The van der Waals surface area contributed by atoms with Crippen molar-refractivity contribution in [1.82, 2.24) is 9.80 Å². The van der Waals surface area contributed by atoms with Gasteiger partial charge in [-0.05, 0) is 37.1 Å². The van der Waals surface area contributed by atoms with Crippen molar-refractivity contribution in [2.45, 2.75) is 25.9 Å². The Kier molecular flexibility index (Phi) is 5.81. The number of halogens is 1. The van der Waals surface area contributed by atoms with Crippen molar-refractivity contribution in [2.75, 3.05) is 39.3 Å². The van der Waals surface area contributed by atoms with E-state index in [1.165, 1.54) is 0 Å². The lowest BCUT2D eigenvalue weighted by atomic mass is 10.1. The maximum atomic E-state index is 12.8. The topological polar surface area (TPSA) is 59.1 Å². The molecule has 1 fully saturated rings. The minimum atomic E-state index is -0.481. The maximum Gasteiger partial charge on any atom is 0.320 e. The number of nitrogens with zero attached hydrogens (tertiary/aromatic N) is 2. The third kappa shape index (κ3) is 4.44. The summed E-state index contributed by atoms with van der Waals surface area (Å²) in [5.41, 5.74) is 0.976. The van der Waals surface area contributed by atoms with Crippen molar-refractivity contribution in [2.24, 2.45) is 0 Å². The molecule has 0 saturated carbocycles. The van der Waals surface area contributed by atoms with Gasteiger partial charge in [0.2, 0.25) is 0 Å². The first kappa shape index (κ1) is 18.0. The van der Waals surface area contributed by atoms with Crippen LogP contribution in [-0.4, -0.2) is 67.1 Å². The molecule has 136 valence electrons. The standard InChI is InChI=1S/C18H23ClN2O4/c1-2-24-17(22)12-20-6-3-7-21(9-8-20)18(23)16-11-13-10-14(19)4-5-15(13)25-16/h4-5,10,16H,2-3,6-9,11-12H2,1H3. The number of carbonyl (C=O) groups is 2. The fourth-order valence-electron chi connectivity index (χ4n) is 3.30. The number of rotatable bonds is 4. The van der Waals surface area contributed by atoms with Gasteiger partial charge in [0.25, 0.3) is 5.91 Å². The Morgan fingerprint density at radius 2 is 2.12 bits per heavy atom. The predicted octanol–water partition coefficient (Wildman–Crippen LogP) is 1.74. The third-order valence-corrected chi connectivity index (χ3v) is 4.77. The van der Waals surface area contributed by atoms with E-state index < -0.39 is 6.10 Å². The van der Waals surface area contributed by atoms with Crippen LogP contribution in [0.1, 0.15) is 18.9 Å². The molecule has 1 atom stereocenters. The van der Waals surface area contributed by atoms with Crippen LogP contribution >= 0.6 is 11.6 Å². The average Bonchev–Trinajstić information content (AvgIpc) is 2.86. The van der Waals surface area contributed by atoms with Crippen LogP contribution in [-0.2, 0) is 20.7 Å². The van der Waals surface area contributed by atoms with Gasteiger partial charge in [-0.3, -0.25) is 14.5 Å².